The van der Waals surface area contributed by atoms with E-state index in [-0.39, 0.29) is 0 Å². The Morgan fingerprint density at radius 3 is 2.40 bits per heavy atom. The van der Waals surface area contributed by atoms with Crippen LogP contribution in [-0.4, -0.2) is 34.2 Å². The smallest absolute Gasteiger partial charge is 0.246 e. The van der Waals surface area contributed by atoms with Gasteiger partial charge in [0.15, 0.2) is 5.82 Å². The summed E-state index contributed by atoms with van der Waals surface area (Å²) in [6.07, 6.45) is 6.58. The van der Waals surface area contributed by atoms with Gasteiger partial charge in [0, 0.05) is 18.0 Å². The second-order valence-electron chi connectivity index (χ2n) is 6.54. The Balaban J connectivity index is 1.78. The summed E-state index contributed by atoms with van der Waals surface area (Å²) in [7, 11) is 2.25. The maximum Gasteiger partial charge on any atom is 0.246 e. The number of hydrogen-bond acceptors (Lipinski definition) is 5. The second-order valence-corrected chi connectivity index (χ2v) is 6.54. The number of fused-ring (bicyclic) bond motifs is 2. The number of nitrogens with two attached hydrogens (primary N) is 1. The fourth-order valence-corrected chi connectivity index (χ4v) is 3.78. The third-order valence-corrected chi connectivity index (χ3v) is 5.59. The fraction of sp³-hybridized carbons (Fsp3) is 0.867. The molecule has 3 heterocycles. The molecule has 0 radical (unpaired) electrons. The minimum Gasteiger partial charge on any atom is -0.337 e. The molecule has 1 aromatic heterocycles. The molecule has 2 N–H and O–H groups in total. The first-order valence-corrected chi connectivity index (χ1v) is 7.92. The topological polar surface area (TPSA) is 68.2 Å². The molecule has 0 aliphatic carbocycles. The van der Waals surface area contributed by atoms with Gasteiger partial charge in [-0.3, -0.25) is 0 Å². The highest BCUT2D eigenvalue weighted by atomic mass is 16.5. The van der Waals surface area contributed by atoms with Gasteiger partial charge in [0.1, 0.15) is 0 Å². The normalized spacial score (nSPS) is 30.9. The molecular formula is C15H26N4O. The van der Waals surface area contributed by atoms with Crippen molar-refractivity contribution >= 4 is 0 Å². The van der Waals surface area contributed by atoms with Gasteiger partial charge in [0.2, 0.25) is 5.89 Å². The Kier molecular flexibility index (Phi) is 3.58. The zero-order valence-corrected chi connectivity index (χ0v) is 12.8. The monoisotopic (exact) mass is 278 g/mol. The van der Waals surface area contributed by atoms with Gasteiger partial charge in [-0.05, 0) is 45.6 Å². The molecule has 2 bridgehead atoms. The zero-order chi connectivity index (χ0) is 14.3. The Bertz CT molecular complexity index is 454. The largest absolute Gasteiger partial charge is 0.337 e. The molecule has 5 nitrogen and oxygen atoms in total. The van der Waals surface area contributed by atoms with Crippen molar-refractivity contribution in [2.45, 2.75) is 75.9 Å². The van der Waals surface area contributed by atoms with Crippen LogP contribution in [0.25, 0.3) is 0 Å². The average molecular weight is 278 g/mol. The number of rotatable bonds is 4. The molecule has 0 aromatic carbocycles. The first-order valence-electron chi connectivity index (χ1n) is 7.92. The van der Waals surface area contributed by atoms with Crippen molar-refractivity contribution in [3.63, 3.8) is 0 Å². The Morgan fingerprint density at radius 1 is 1.25 bits per heavy atom. The zero-order valence-electron chi connectivity index (χ0n) is 12.8. The first kappa shape index (κ1) is 14.0. The van der Waals surface area contributed by atoms with Gasteiger partial charge in [0.25, 0.3) is 0 Å². The predicted molar refractivity (Wildman–Crippen MR) is 77.3 cm³/mol. The minimum atomic E-state index is -0.463. The van der Waals surface area contributed by atoms with Crippen molar-refractivity contribution in [2.24, 2.45) is 5.73 Å². The van der Waals surface area contributed by atoms with E-state index in [4.69, 9.17) is 10.3 Å². The third-order valence-electron chi connectivity index (χ3n) is 5.59. The second kappa shape index (κ2) is 5.11. The summed E-state index contributed by atoms with van der Waals surface area (Å²) >= 11 is 0. The van der Waals surface area contributed by atoms with E-state index in [0.29, 0.717) is 23.9 Å². The summed E-state index contributed by atoms with van der Waals surface area (Å²) < 4.78 is 5.48. The lowest BCUT2D eigenvalue weighted by Crippen LogP contribution is -2.39. The van der Waals surface area contributed by atoms with Crippen molar-refractivity contribution in [2.75, 3.05) is 7.05 Å². The Morgan fingerprint density at radius 2 is 1.85 bits per heavy atom. The number of hydrogen-bond donors (Lipinski definition) is 1. The molecule has 20 heavy (non-hydrogen) atoms. The summed E-state index contributed by atoms with van der Waals surface area (Å²) in [5, 5.41) is 4.24. The van der Waals surface area contributed by atoms with Crippen molar-refractivity contribution < 1.29 is 4.52 Å². The van der Waals surface area contributed by atoms with Gasteiger partial charge < -0.3 is 15.2 Å². The van der Waals surface area contributed by atoms with Gasteiger partial charge in [-0.1, -0.05) is 19.0 Å². The summed E-state index contributed by atoms with van der Waals surface area (Å²) in [6, 6.07) is 1.39. The van der Waals surface area contributed by atoms with E-state index in [1.807, 2.05) is 0 Å². The quantitative estimate of drug-likeness (QED) is 0.916. The van der Waals surface area contributed by atoms with Gasteiger partial charge in [-0.2, -0.15) is 4.98 Å². The molecule has 0 amide bonds. The van der Waals surface area contributed by atoms with Crippen LogP contribution in [0.1, 0.15) is 70.0 Å². The van der Waals surface area contributed by atoms with E-state index < -0.39 is 5.54 Å². The van der Waals surface area contributed by atoms with Crippen molar-refractivity contribution in [3.05, 3.63) is 11.7 Å². The van der Waals surface area contributed by atoms with Crippen molar-refractivity contribution in [1.29, 1.82) is 0 Å². The molecule has 0 spiro atoms. The highest BCUT2D eigenvalue weighted by Gasteiger charge is 2.41. The maximum absolute atomic E-state index is 6.35. The van der Waals surface area contributed by atoms with E-state index >= 15 is 0 Å². The van der Waals surface area contributed by atoms with Gasteiger partial charge >= 0.3 is 0 Å². The van der Waals surface area contributed by atoms with Crippen LogP contribution in [0.5, 0.6) is 0 Å². The molecule has 2 aliphatic rings. The minimum absolute atomic E-state index is 0.444. The molecule has 112 valence electrons. The summed E-state index contributed by atoms with van der Waals surface area (Å²) in [4.78, 5) is 7.18. The molecule has 1 aromatic rings. The summed E-state index contributed by atoms with van der Waals surface area (Å²) in [5.41, 5.74) is 5.88. The number of nitrogens with zero attached hydrogens (tertiary/aromatic N) is 3. The van der Waals surface area contributed by atoms with Crippen LogP contribution in [0.4, 0.5) is 0 Å². The summed E-state index contributed by atoms with van der Waals surface area (Å²) in [6.45, 7) is 4.15. The van der Waals surface area contributed by atoms with E-state index in [1.165, 1.54) is 12.8 Å². The number of aromatic nitrogens is 2. The van der Waals surface area contributed by atoms with Gasteiger partial charge in [0.05, 0.1) is 5.54 Å². The van der Waals surface area contributed by atoms with Crippen molar-refractivity contribution in [3.8, 4) is 0 Å². The van der Waals surface area contributed by atoms with Crippen LogP contribution in [0, 0.1) is 0 Å². The lowest BCUT2D eigenvalue weighted by molar-refractivity contribution is 0.157. The molecule has 5 heteroatoms. The molecule has 2 atom stereocenters. The van der Waals surface area contributed by atoms with Crippen LogP contribution < -0.4 is 5.73 Å². The molecule has 2 unspecified atom stereocenters. The molecule has 3 rings (SSSR count). The third kappa shape index (κ3) is 2.17. The Labute approximate surface area is 120 Å². The molecular weight excluding hydrogens is 252 g/mol. The highest BCUT2D eigenvalue weighted by Crippen LogP contribution is 2.41. The van der Waals surface area contributed by atoms with Gasteiger partial charge in [-0.25, -0.2) is 0 Å². The van der Waals surface area contributed by atoms with Crippen LogP contribution in [-0.2, 0) is 5.54 Å². The highest BCUT2D eigenvalue weighted by molar-refractivity contribution is 5.08. The van der Waals surface area contributed by atoms with Crippen LogP contribution in [0.3, 0.4) is 0 Å². The maximum atomic E-state index is 6.35. The van der Waals surface area contributed by atoms with E-state index in [2.05, 4.69) is 35.9 Å². The lowest BCUT2D eigenvalue weighted by atomic mass is 9.90. The van der Waals surface area contributed by atoms with Crippen molar-refractivity contribution in [1.82, 2.24) is 15.0 Å². The van der Waals surface area contributed by atoms with E-state index in [9.17, 15) is 0 Å². The van der Waals surface area contributed by atoms with Crippen LogP contribution >= 0.6 is 0 Å². The lowest BCUT2D eigenvalue weighted by Gasteiger charge is -2.34. The predicted octanol–water partition coefficient (Wildman–Crippen LogP) is 2.38. The first-order chi connectivity index (χ1) is 9.57. The molecule has 0 saturated carbocycles. The number of piperidine rings is 1. The van der Waals surface area contributed by atoms with Crippen LogP contribution in [0.15, 0.2) is 4.52 Å². The summed E-state index contributed by atoms with van der Waals surface area (Å²) in [5.74, 6) is 1.93. The molecule has 2 aliphatic heterocycles. The molecule has 2 saturated heterocycles. The van der Waals surface area contributed by atoms with E-state index in [0.717, 1.165) is 31.5 Å². The average Bonchev–Trinajstić information content (AvgIpc) is 3.01. The molecule has 2 fully saturated rings. The fourth-order valence-electron chi connectivity index (χ4n) is 3.78. The van der Waals surface area contributed by atoms with E-state index in [1.54, 1.807) is 0 Å². The Hall–Kier alpha value is -0.940. The SMILES string of the molecule is CCC(N)(CC)c1nc(C2CC3CCC(C2)N3C)no1. The standard InChI is InChI=1S/C15H26N4O/c1-4-15(16,5-2)14-17-13(18-20-14)10-8-11-6-7-12(9-10)19(11)3/h10-12H,4-9,16H2,1-3H3. The van der Waals surface area contributed by atoms with Crippen LogP contribution in [0.2, 0.25) is 0 Å². The van der Waals surface area contributed by atoms with Gasteiger partial charge in [-0.15, -0.1) is 0 Å².